The summed E-state index contributed by atoms with van der Waals surface area (Å²) in [6.45, 7) is 9.33. The Labute approximate surface area is 308 Å². The van der Waals surface area contributed by atoms with E-state index in [4.69, 9.17) is 16.3 Å². The lowest BCUT2D eigenvalue weighted by molar-refractivity contribution is 0.0635. The third kappa shape index (κ3) is 8.42. The van der Waals surface area contributed by atoms with Crippen LogP contribution >= 0.6 is 11.6 Å². The molecule has 0 aliphatic heterocycles. The first kappa shape index (κ1) is 37.5. The fraction of sp³-hybridized carbons (Fsp3) is 0.179. The van der Waals surface area contributed by atoms with Crippen LogP contribution in [0.5, 0.6) is 0 Å². The van der Waals surface area contributed by atoms with Crippen LogP contribution in [-0.2, 0) is 14.8 Å². The minimum absolute atomic E-state index is 0.152. The monoisotopic (exact) mass is 738 g/mol. The van der Waals surface area contributed by atoms with Crippen LogP contribution in [0.3, 0.4) is 0 Å². The van der Waals surface area contributed by atoms with Gasteiger partial charge in [0.15, 0.2) is 0 Å². The molecule has 2 heterocycles. The fourth-order valence-electron chi connectivity index (χ4n) is 5.21. The molecule has 4 aromatic carbocycles. The maximum absolute atomic E-state index is 13.6. The number of halogens is 1. The zero-order valence-corrected chi connectivity index (χ0v) is 31.2. The van der Waals surface area contributed by atoms with Crippen LogP contribution in [-0.4, -0.2) is 47.0 Å². The average Bonchev–Trinajstić information content (AvgIpc) is 3.53. The zero-order valence-electron chi connectivity index (χ0n) is 29.6. The van der Waals surface area contributed by atoms with Crippen LogP contribution in [0.1, 0.15) is 45.0 Å². The SMILES string of the molecule is CC.CN(C(=O)c1ccc(NC(=O)OC(C)(C)C)cc1)c1cccc(Nc2ncc(Cl)c(-c3cn(S(=O)(=O)c4ccccc4)c4ccccc34)n2)c1. The Balaban J connectivity index is 0.00000257. The Hall–Kier alpha value is -5.72. The lowest BCUT2D eigenvalue weighted by Crippen LogP contribution is -2.27. The summed E-state index contributed by atoms with van der Waals surface area (Å²) < 4.78 is 33.8. The minimum Gasteiger partial charge on any atom is -0.444 e. The van der Waals surface area contributed by atoms with Gasteiger partial charge in [-0.05, 0) is 81.4 Å². The summed E-state index contributed by atoms with van der Waals surface area (Å²) in [4.78, 5) is 36.1. The van der Waals surface area contributed by atoms with Crippen LogP contribution in [0.25, 0.3) is 22.2 Å². The van der Waals surface area contributed by atoms with Crippen molar-refractivity contribution < 1.29 is 22.7 Å². The second-order valence-corrected chi connectivity index (χ2v) is 14.5. The van der Waals surface area contributed by atoms with Crippen molar-refractivity contribution in [3.8, 4) is 11.3 Å². The van der Waals surface area contributed by atoms with Gasteiger partial charge in [-0.3, -0.25) is 10.1 Å². The number of rotatable bonds is 8. The van der Waals surface area contributed by atoms with Gasteiger partial charge in [-0.1, -0.05) is 67.9 Å². The second kappa shape index (κ2) is 15.7. The molecular weight excluding hydrogens is 700 g/mol. The number of fused-ring (bicyclic) bond motifs is 1. The van der Waals surface area contributed by atoms with Crippen LogP contribution in [0.2, 0.25) is 5.02 Å². The van der Waals surface area contributed by atoms with Crippen LogP contribution in [0, 0.1) is 0 Å². The summed E-state index contributed by atoms with van der Waals surface area (Å²) in [6, 6.07) is 29.0. The van der Waals surface area contributed by atoms with Gasteiger partial charge in [-0.25, -0.2) is 27.2 Å². The van der Waals surface area contributed by atoms with Gasteiger partial charge in [0, 0.05) is 46.8 Å². The molecule has 13 heteroatoms. The molecule has 0 aliphatic carbocycles. The molecule has 11 nitrogen and oxygen atoms in total. The maximum atomic E-state index is 13.6. The number of hydrogen-bond donors (Lipinski definition) is 2. The van der Waals surface area contributed by atoms with Crippen molar-refractivity contribution in [3.63, 3.8) is 0 Å². The lowest BCUT2D eigenvalue weighted by Gasteiger charge is -2.20. The predicted octanol–water partition coefficient (Wildman–Crippen LogP) is 9.38. The first-order valence-corrected chi connectivity index (χ1v) is 18.3. The Morgan fingerprint density at radius 1 is 0.865 bits per heavy atom. The number of benzene rings is 4. The molecule has 6 aromatic rings. The van der Waals surface area contributed by atoms with Crippen molar-refractivity contribution >= 4 is 67.5 Å². The van der Waals surface area contributed by atoms with Crippen LogP contribution in [0.4, 0.5) is 27.8 Å². The van der Waals surface area contributed by atoms with Gasteiger partial charge < -0.3 is 15.0 Å². The normalized spacial score (nSPS) is 11.3. The minimum atomic E-state index is -3.92. The number of carbonyl (C=O) groups excluding carboxylic acids is 2. The van der Waals surface area contributed by atoms with Crippen LogP contribution in [0.15, 0.2) is 120 Å². The molecule has 0 bridgehead atoms. The Morgan fingerprint density at radius 3 is 2.23 bits per heavy atom. The fourth-order valence-corrected chi connectivity index (χ4v) is 6.79. The molecule has 0 spiro atoms. The van der Waals surface area contributed by atoms with Crippen molar-refractivity contribution in [1.29, 1.82) is 0 Å². The first-order chi connectivity index (χ1) is 24.8. The third-order valence-electron chi connectivity index (χ3n) is 7.55. The van der Waals surface area contributed by atoms with Gasteiger partial charge in [-0.2, -0.15) is 0 Å². The molecular formula is C39H39ClN6O5S. The van der Waals surface area contributed by atoms with Crippen molar-refractivity contribution in [3.05, 3.63) is 126 Å². The molecule has 268 valence electrons. The number of aromatic nitrogens is 3. The summed E-state index contributed by atoms with van der Waals surface area (Å²) in [6.07, 6.45) is 2.38. The van der Waals surface area contributed by atoms with Gasteiger partial charge >= 0.3 is 6.09 Å². The van der Waals surface area contributed by atoms with Crippen LogP contribution < -0.4 is 15.5 Å². The van der Waals surface area contributed by atoms with E-state index in [-0.39, 0.29) is 21.8 Å². The van der Waals surface area contributed by atoms with Gasteiger partial charge in [0.2, 0.25) is 5.95 Å². The summed E-state index contributed by atoms with van der Waals surface area (Å²) in [5, 5.41) is 6.71. The summed E-state index contributed by atoms with van der Waals surface area (Å²) in [7, 11) is -2.26. The van der Waals surface area contributed by atoms with Gasteiger partial charge in [0.25, 0.3) is 15.9 Å². The highest BCUT2D eigenvalue weighted by Crippen LogP contribution is 2.36. The number of anilines is 4. The number of hydrogen-bond acceptors (Lipinski definition) is 8. The smallest absolute Gasteiger partial charge is 0.412 e. The molecule has 0 atom stereocenters. The highest BCUT2D eigenvalue weighted by atomic mass is 35.5. The highest BCUT2D eigenvalue weighted by molar-refractivity contribution is 7.90. The molecule has 0 aliphatic rings. The lowest BCUT2D eigenvalue weighted by atomic mass is 10.1. The molecule has 2 aromatic heterocycles. The number of para-hydroxylation sites is 1. The molecule has 0 saturated heterocycles. The molecule has 0 saturated carbocycles. The molecule has 2 amide bonds. The Bertz CT molecular complexity index is 2320. The van der Waals surface area contributed by atoms with E-state index in [9.17, 15) is 18.0 Å². The van der Waals surface area contributed by atoms with E-state index in [2.05, 4.69) is 20.6 Å². The zero-order chi connectivity index (χ0) is 37.6. The molecule has 2 N–H and O–H groups in total. The van der Waals surface area contributed by atoms with Gasteiger partial charge in [-0.15, -0.1) is 0 Å². The van der Waals surface area contributed by atoms with E-state index < -0.39 is 21.7 Å². The van der Waals surface area contributed by atoms with E-state index in [1.54, 1.807) is 119 Å². The Morgan fingerprint density at radius 2 is 1.54 bits per heavy atom. The number of nitrogens with zero attached hydrogens (tertiary/aromatic N) is 4. The predicted molar refractivity (Wildman–Crippen MR) is 207 cm³/mol. The van der Waals surface area contributed by atoms with Crippen molar-refractivity contribution in [1.82, 2.24) is 13.9 Å². The number of carbonyl (C=O) groups is 2. The summed E-state index contributed by atoms with van der Waals surface area (Å²) in [5.74, 6) is -0.0517. The van der Waals surface area contributed by atoms with E-state index in [1.165, 1.54) is 21.3 Å². The number of ether oxygens (including phenoxy) is 1. The second-order valence-electron chi connectivity index (χ2n) is 12.3. The van der Waals surface area contributed by atoms with Gasteiger partial charge in [0.1, 0.15) is 5.60 Å². The largest absolute Gasteiger partial charge is 0.444 e. The molecule has 0 radical (unpaired) electrons. The highest BCUT2D eigenvalue weighted by Gasteiger charge is 2.24. The van der Waals surface area contributed by atoms with Crippen molar-refractivity contribution in [2.75, 3.05) is 22.6 Å². The number of nitrogens with one attached hydrogen (secondary N) is 2. The first-order valence-electron chi connectivity index (χ1n) is 16.5. The van der Waals surface area contributed by atoms with E-state index in [1.807, 2.05) is 26.0 Å². The number of amides is 2. The quantitative estimate of drug-likeness (QED) is 0.158. The standard InChI is InChI=1S/C37H33ClN6O5S.C2H6/c1-37(2,3)49-36(46)41-25-19-17-24(18-20-25)34(45)43(4)27-12-10-11-26(21-27)40-35-39-22-31(38)33(42-35)30-23-44(32-16-9-8-15-29(30)32)50(47,48)28-13-6-5-7-14-28;1-2/h5-23H,1-4H3,(H,41,46)(H,39,40,42);1-2H3. The average molecular weight is 739 g/mol. The van der Waals surface area contributed by atoms with Crippen molar-refractivity contribution in [2.24, 2.45) is 0 Å². The summed E-state index contributed by atoms with van der Waals surface area (Å²) in [5.41, 5.74) is 2.81. The maximum Gasteiger partial charge on any atom is 0.412 e. The van der Waals surface area contributed by atoms with E-state index >= 15 is 0 Å². The van der Waals surface area contributed by atoms with E-state index in [0.717, 1.165) is 0 Å². The van der Waals surface area contributed by atoms with E-state index in [0.29, 0.717) is 44.8 Å². The van der Waals surface area contributed by atoms with Crippen molar-refractivity contribution in [2.45, 2.75) is 45.1 Å². The molecule has 6 rings (SSSR count). The Kier molecular flexibility index (Phi) is 11.3. The topological polar surface area (TPSA) is 136 Å². The third-order valence-corrected chi connectivity index (χ3v) is 9.51. The molecule has 0 unspecified atom stereocenters. The molecule has 52 heavy (non-hydrogen) atoms. The summed E-state index contributed by atoms with van der Waals surface area (Å²) >= 11 is 6.61. The molecule has 0 fully saturated rings. The van der Waals surface area contributed by atoms with Gasteiger partial charge in [0.05, 0.1) is 27.3 Å².